The van der Waals surface area contributed by atoms with Gasteiger partial charge in [0.05, 0.1) is 17.3 Å². The molecule has 3 N–H and O–H groups in total. The van der Waals surface area contributed by atoms with E-state index in [9.17, 15) is 14.4 Å². The molecule has 0 saturated carbocycles. The quantitative estimate of drug-likeness (QED) is 0.581. The van der Waals surface area contributed by atoms with Gasteiger partial charge in [-0.3, -0.25) is 19.7 Å². The van der Waals surface area contributed by atoms with Gasteiger partial charge in [0.15, 0.2) is 0 Å². The molecule has 0 unspecified atom stereocenters. The summed E-state index contributed by atoms with van der Waals surface area (Å²) >= 11 is 3.38. The molecule has 172 valence electrons. The van der Waals surface area contributed by atoms with E-state index in [0.29, 0.717) is 30.6 Å². The van der Waals surface area contributed by atoms with Gasteiger partial charge >= 0.3 is 0 Å². The van der Waals surface area contributed by atoms with Crippen molar-refractivity contribution in [2.75, 3.05) is 29.7 Å². The second-order valence-electron chi connectivity index (χ2n) is 8.49. The van der Waals surface area contributed by atoms with Crippen LogP contribution in [0.3, 0.4) is 0 Å². The van der Waals surface area contributed by atoms with Gasteiger partial charge in [-0.15, -0.1) is 23.5 Å². The van der Waals surface area contributed by atoms with Crippen LogP contribution in [0, 0.1) is 0 Å². The number of hydrogen-bond acceptors (Lipinski definition) is 6. The van der Waals surface area contributed by atoms with E-state index < -0.39 is 6.04 Å². The van der Waals surface area contributed by atoms with Crippen LogP contribution in [-0.4, -0.2) is 65.2 Å². The van der Waals surface area contributed by atoms with E-state index in [0.717, 1.165) is 22.8 Å². The fourth-order valence-corrected chi connectivity index (χ4v) is 5.97. The van der Waals surface area contributed by atoms with Gasteiger partial charge < -0.3 is 15.5 Å². The predicted octanol–water partition coefficient (Wildman–Crippen LogP) is 2.78. The fourth-order valence-electron chi connectivity index (χ4n) is 4.62. The topological polar surface area (TPSA) is 90.5 Å². The number of thioether (sulfide) groups is 2. The number of carbonyl (C=O) groups excluding carboxylic acids is 3. The number of rotatable bonds is 4. The van der Waals surface area contributed by atoms with Crippen molar-refractivity contribution in [2.24, 2.45) is 0 Å². The SMILES string of the molecule is CSc1ccc(-c2ccc3c(c2)C(=O)N2CC[C@H](NC(=O)[C@@H]4CSCN4)C[C@H]2C(=O)N3)cc1. The largest absolute Gasteiger partial charge is 0.352 e. The van der Waals surface area contributed by atoms with Crippen molar-refractivity contribution in [1.82, 2.24) is 15.5 Å². The second kappa shape index (κ2) is 9.40. The summed E-state index contributed by atoms with van der Waals surface area (Å²) in [5.41, 5.74) is 3.01. The minimum Gasteiger partial charge on any atom is -0.352 e. The zero-order chi connectivity index (χ0) is 22.9. The summed E-state index contributed by atoms with van der Waals surface area (Å²) in [5.74, 6) is 1.16. The standard InChI is InChI=1S/C24H26N4O3S2/c1-32-17-5-2-14(3-6-17)15-4-7-19-18(10-15)24(31)28-9-8-16(11-21(28)23(30)27-19)26-22(29)20-12-33-13-25-20/h2-7,10,16,20-21,25H,8-9,11-13H2,1H3,(H,26,29)(H,27,30)/t16-,20-,21-/m0/s1. The fraction of sp³-hybridized carbons (Fsp3) is 0.375. The van der Waals surface area contributed by atoms with E-state index in [4.69, 9.17) is 0 Å². The zero-order valence-electron chi connectivity index (χ0n) is 18.3. The maximum Gasteiger partial charge on any atom is 0.256 e. The van der Waals surface area contributed by atoms with E-state index in [1.54, 1.807) is 28.4 Å². The Morgan fingerprint density at radius 3 is 2.67 bits per heavy atom. The number of amides is 3. The van der Waals surface area contributed by atoms with Crippen LogP contribution in [0.15, 0.2) is 47.4 Å². The highest BCUT2D eigenvalue weighted by molar-refractivity contribution is 7.99. The van der Waals surface area contributed by atoms with Crippen LogP contribution in [0.4, 0.5) is 5.69 Å². The van der Waals surface area contributed by atoms with Gasteiger partial charge in [0.2, 0.25) is 11.8 Å². The van der Waals surface area contributed by atoms with Crippen molar-refractivity contribution in [3.8, 4) is 11.1 Å². The van der Waals surface area contributed by atoms with E-state index in [-0.39, 0.29) is 29.8 Å². The first-order chi connectivity index (χ1) is 16.0. The molecule has 2 aromatic carbocycles. The number of fused-ring (bicyclic) bond motifs is 2. The van der Waals surface area contributed by atoms with Gasteiger partial charge in [-0.2, -0.15) is 0 Å². The molecule has 3 aliphatic heterocycles. The number of benzene rings is 2. The maximum atomic E-state index is 13.5. The highest BCUT2D eigenvalue weighted by atomic mass is 32.2. The lowest BCUT2D eigenvalue weighted by atomic mass is 9.95. The summed E-state index contributed by atoms with van der Waals surface area (Å²) in [6.45, 7) is 0.431. The third-order valence-electron chi connectivity index (χ3n) is 6.48. The molecule has 3 atom stereocenters. The molecule has 2 fully saturated rings. The zero-order valence-corrected chi connectivity index (χ0v) is 19.9. The third kappa shape index (κ3) is 4.49. The molecule has 3 amide bonds. The lowest BCUT2D eigenvalue weighted by Gasteiger charge is -2.37. The average Bonchev–Trinajstić information content (AvgIpc) is 3.36. The van der Waals surface area contributed by atoms with Crippen LogP contribution in [-0.2, 0) is 9.59 Å². The molecule has 0 aromatic heterocycles. The predicted molar refractivity (Wildman–Crippen MR) is 133 cm³/mol. The summed E-state index contributed by atoms with van der Waals surface area (Å²) in [4.78, 5) is 41.9. The lowest BCUT2D eigenvalue weighted by Crippen LogP contribution is -2.56. The van der Waals surface area contributed by atoms with Crippen LogP contribution in [0.2, 0.25) is 0 Å². The molecule has 0 spiro atoms. The van der Waals surface area contributed by atoms with Gasteiger partial charge in [-0.05, 0) is 54.5 Å². The molecule has 3 heterocycles. The van der Waals surface area contributed by atoms with E-state index >= 15 is 0 Å². The monoisotopic (exact) mass is 482 g/mol. The normalized spacial score (nSPS) is 24.5. The lowest BCUT2D eigenvalue weighted by molar-refractivity contribution is -0.125. The minimum atomic E-state index is -0.598. The summed E-state index contributed by atoms with van der Waals surface area (Å²) in [6, 6.07) is 12.9. The van der Waals surface area contributed by atoms with E-state index in [2.05, 4.69) is 28.1 Å². The average molecular weight is 483 g/mol. The Kier molecular flexibility index (Phi) is 6.36. The van der Waals surface area contributed by atoms with Gasteiger partial charge in [-0.1, -0.05) is 18.2 Å². The van der Waals surface area contributed by atoms with Gasteiger partial charge in [-0.25, -0.2) is 0 Å². The van der Waals surface area contributed by atoms with Gasteiger partial charge in [0.25, 0.3) is 5.91 Å². The first-order valence-corrected chi connectivity index (χ1v) is 13.4. The molecule has 7 nitrogen and oxygen atoms in total. The Bertz CT molecular complexity index is 1090. The minimum absolute atomic E-state index is 0.0285. The van der Waals surface area contributed by atoms with Crippen LogP contribution in [0.25, 0.3) is 11.1 Å². The van der Waals surface area contributed by atoms with E-state index in [1.165, 1.54) is 4.90 Å². The van der Waals surface area contributed by atoms with Crippen LogP contribution >= 0.6 is 23.5 Å². The van der Waals surface area contributed by atoms with Crippen LogP contribution < -0.4 is 16.0 Å². The number of piperidine rings is 1. The molecule has 9 heteroatoms. The summed E-state index contributed by atoms with van der Waals surface area (Å²) < 4.78 is 0. The Morgan fingerprint density at radius 1 is 1.15 bits per heavy atom. The molecular weight excluding hydrogens is 456 g/mol. The summed E-state index contributed by atoms with van der Waals surface area (Å²) in [5, 5.41) is 9.19. The third-order valence-corrected chi connectivity index (χ3v) is 8.16. The molecule has 0 radical (unpaired) electrons. The highest BCUT2D eigenvalue weighted by Gasteiger charge is 2.40. The molecule has 2 saturated heterocycles. The van der Waals surface area contributed by atoms with Crippen molar-refractivity contribution in [3.05, 3.63) is 48.0 Å². The van der Waals surface area contributed by atoms with Crippen LogP contribution in [0.1, 0.15) is 23.2 Å². The molecule has 0 aliphatic carbocycles. The molecule has 3 aliphatic rings. The Balaban J connectivity index is 1.35. The number of carbonyl (C=O) groups is 3. The number of anilines is 1. The van der Waals surface area contributed by atoms with Crippen molar-refractivity contribution in [3.63, 3.8) is 0 Å². The van der Waals surface area contributed by atoms with E-state index in [1.807, 2.05) is 36.6 Å². The molecule has 2 aromatic rings. The molecule has 5 rings (SSSR count). The molecule has 33 heavy (non-hydrogen) atoms. The maximum absolute atomic E-state index is 13.5. The van der Waals surface area contributed by atoms with Gasteiger partial charge in [0.1, 0.15) is 6.04 Å². The Labute approximate surface area is 201 Å². The molecule has 0 bridgehead atoms. The number of hydrogen-bond donors (Lipinski definition) is 3. The van der Waals surface area contributed by atoms with Gasteiger partial charge in [0, 0.05) is 29.1 Å². The van der Waals surface area contributed by atoms with Crippen molar-refractivity contribution in [2.45, 2.75) is 35.9 Å². The first-order valence-electron chi connectivity index (χ1n) is 11.1. The van der Waals surface area contributed by atoms with Crippen molar-refractivity contribution < 1.29 is 14.4 Å². The number of nitrogens with one attached hydrogen (secondary N) is 3. The second-order valence-corrected chi connectivity index (χ2v) is 10.4. The van der Waals surface area contributed by atoms with Crippen molar-refractivity contribution in [1.29, 1.82) is 0 Å². The molecular formula is C24H26N4O3S2. The summed E-state index contributed by atoms with van der Waals surface area (Å²) in [7, 11) is 0. The number of nitrogens with zero attached hydrogens (tertiary/aromatic N) is 1. The van der Waals surface area contributed by atoms with Crippen LogP contribution in [0.5, 0.6) is 0 Å². The Morgan fingerprint density at radius 2 is 1.94 bits per heavy atom. The van der Waals surface area contributed by atoms with Crippen molar-refractivity contribution >= 4 is 46.9 Å². The highest BCUT2D eigenvalue weighted by Crippen LogP contribution is 2.32. The first kappa shape index (κ1) is 22.3. The smallest absolute Gasteiger partial charge is 0.256 e. The Hall–Kier alpha value is -2.49. The summed E-state index contributed by atoms with van der Waals surface area (Å²) in [6.07, 6.45) is 3.08.